The van der Waals surface area contributed by atoms with Gasteiger partial charge in [0.2, 0.25) is 0 Å². The van der Waals surface area contributed by atoms with Crippen LogP contribution in [0.1, 0.15) is 49.7 Å². The normalized spacial score (nSPS) is 16.0. The maximum Gasteiger partial charge on any atom is 0.0931 e. The van der Waals surface area contributed by atoms with E-state index in [1.54, 1.807) is 6.33 Å². The van der Waals surface area contributed by atoms with Crippen molar-refractivity contribution in [1.82, 2.24) is 20.3 Å². The van der Waals surface area contributed by atoms with Gasteiger partial charge in [-0.25, -0.2) is 4.98 Å². The molecule has 4 aromatic rings. The first-order chi connectivity index (χ1) is 13.2. The lowest BCUT2D eigenvalue weighted by molar-refractivity contribution is 0.460. The summed E-state index contributed by atoms with van der Waals surface area (Å²) in [4.78, 5) is 11.3. The highest BCUT2D eigenvalue weighted by molar-refractivity contribution is 5.93. The van der Waals surface area contributed by atoms with Gasteiger partial charge in [-0.05, 0) is 73.2 Å². The van der Waals surface area contributed by atoms with Gasteiger partial charge in [0.05, 0.1) is 23.1 Å². The maximum atomic E-state index is 4.43. The van der Waals surface area contributed by atoms with Crippen molar-refractivity contribution in [1.29, 1.82) is 0 Å². The summed E-state index contributed by atoms with van der Waals surface area (Å²) < 4.78 is 0. The zero-order chi connectivity index (χ0) is 18.4. The smallest absolute Gasteiger partial charge is 0.0931 e. The number of nitrogens with zero attached hydrogens (tertiary/aromatic N) is 1. The van der Waals surface area contributed by atoms with Crippen LogP contribution in [0.2, 0.25) is 0 Å². The second-order valence-electron chi connectivity index (χ2n) is 8.03. The summed E-state index contributed by atoms with van der Waals surface area (Å²) >= 11 is 0. The van der Waals surface area contributed by atoms with Crippen molar-refractivity contribution < 1.29 is 0 Å². The molecule has 2 aromatic heterocycles. The van der Waals surface area contributed by atoms with Crippen molar-refractivity contribution in [3.05, 3.63) is 53.9 Å². The predicted molar refractivity (Wildman–Crippen MR) is 112 cm³/mol. The Morgan fingerprint density at radius 3 is 2.63 bits per heavy atom. The third-order valence-electron chi connectivity index (χ3n) is 5.96. The van der Waals surface area contributed by atoms with E-state index in [2.05, 4.69) is 70.5 Å². The zero-order valence-corrected chi connectivity index (χ0v) is 16.0. The molecule has 0 aliphatic carbocycles. The topological polar surface area (TPSA) is 56.5 Å². The lowest BCUT2D eigenvalue weighted by atomic mass is 9.88. The number of piperidine rings is 1. The Hall–Kier alpha value is -2.59. The van der Waals surface area contributed by atoms with Crippen LogP contribution >= 0.6 is 0 Å². The average Bonchev–Trinajstić information content (AvgIpc) is 3.31. The Bertz CT molecular complexity index is 1100. The minimum Gasteiger partial charge on any atom is -0.354 e. The first kappa shape index (κ1) is 16.6. The van der Waals surface area contributed by atoms with Crippen molar-refractivity contribution in [2.75, 3.05) is 13.1 Å². The molecule has 0 saturated carbocycles. The number of hydrogen-bond acceptors (Lipinski definition) is 2. The molecule has 1 fully saturated rings. The molecule has 0 bridgehead atoms. The number of benzene rings is 2. The van der Waals surface area contributed by atoms with E-state index in [0.717, 1.165) is 24.1 Å². The van der Waals surface area contributed by atoms with E-state index in [9.17, 15) is 0 Å². The Balaban J connectivity index is 1.66. The molecule has 0 atom stereocenters. The quantitative estimate of drug-likeness (QED) is 0.465. The fraction of sp³-hybridized carbons (Fsp3) is 0.348. The van der Waals surface area contributed by atoms with Crippen LogP contribution < -0.4 is 5.32 Å². The summed E-state index contributed by atoms with van der Waals surface area (Å²) in [5.41, 5.74) is 8.65. The number of rotatable bonds is 3. The number of H-pyrrole nitrogens is 2. The van der Waals surface area contributed by atoms with E-state index in [0.29, 0.717) is 11.8 Å². The number of aromatic amines is 2. The molecule has 1 saturated heterocycles. The van der Waals surface area contributed by atoms with Crippen LogP contribution in [-0.4, -0.2) is 28.0 Å². The van der Waals surface area contributed by atoms with Crippen LogP contribution in [0, 0.1) is 0 Å². The van der Waals surface area contributed by atoms with Gasteiger partial charge in [-0.3, -0.25) is 0 Å². The van der Waals surface area contributed by atoms with E-state index in [1.807, 2.05) is 0 Å². The summed E-state index contributed by atoms with van der Waals surface area (Å²) in [5, 5.41) is 4.85. The standard InChI is InChI=1S/C23H26N4/c1-14(2)22-18-11-16(15-7-9-24-10-8-15)3-5-19(18)27-23(22)17-4-6-20-21(12-17)26-13-25-20/h3-6,11-15,24,27H,7-10H2,1-2H3,(H,25,26). The molecule has 4 nitrogen and oxygen atoms in total. The molecule has 0 amide bonds. The Morgan fingerprint density at radius 2 is 1.81 bits per heavy atom. The summed E-state index contributed by atoms with van der Waals surface area (Å²) in [6, 6.07) is 13.5. The highest BCUT2D eigenvalue weighted by Crippen LogP contribution is 2.38. The van der Waals surface area contributed by atoms with Gasteiger partial charge < -0.3 is 15.3 Å². The molecule has 138 valence electrons. The van der Waals surface area contributed by atoms with Crippen LogP contribution in [-0.2, 0) is 0 Å². The number of aromatic nitrogens is 3. The third-order valence-corrected chi connectivity index (χ3v) is 5.96. The van der Waals surface area contributed by atoms with Crippen LogP contribution in [0.25, 0.3) is 33.2 Å². The van der Waals surface area contributed by atoms with Gasteiger partial charge in [-0.15, -0.1) is 0 Å². The van der Waals surface area contributed by atoms with Crippen LogP contribution in [0.5, 0.6) is 0 Å². The maximum absolute atomic E-state index is 4.43. The van der Waals surface area contributed by atoms with E-state index < -0.39 is 0 Å². The summed E-state index contributed by atoms with van der Waals surface area (Å²) in [5.74, 6) is 1.13. The molecule has 0 unspecified atom stereocenters. The van der Waals surface area contributed by atoms with Gasteiger partial charge in [-0.2, -0.15) is 0 Å². The van der Waals surface area contributed by atoms with Gasteiger partial charge in [0.25, 0.3) is 0 Å². The third kappa shape index (κ3) is 2.85. The number of nitrogens with one attached hydrogen (secondary N) is 3. The highest BCUT2D eigenvalue weighted by atomic mass is 14.9. The number of hydrogen-bond donors (Lipinski definition) is 3. The molecule has 3 N–H and O–H groups in total. The van der Waals surface area contributed by atoms with E-state index in [4.69, 9.17) is 0 Å². The molecular weight excluding hydrogens is 332 g/mol. The Labute approximate surface area is 159 Å². The second kappa shape index (κ2) is 6.54. The predicted octanol–water partition coefficient (Wildman–Crippen LogP) is 5.30. The molecule has 4 heteroatoms. The van der Waals surface area contributed by atoms with E-state index >= 15 is 0 Å². The molecule has 1 aliphatic rings. The molecule has 27 heavy (non-hydrogen) atoms. The lowest BCUT2D eigenvalue weighted by Gasteiger charge is -2.23. The van der Waals surface area contributed by atoms with Crippen LogP contribution in [0.15, 0.2) is 42.7 Å². The van der Waals surface area contributed by atoms with Gasteiger partial charge in [0.1, 0.15) is 0 Å². The molecular formula is C23H26N4. The van der Waals surface area contributed by atoms with Crippen LogP contribution in [0.3, 0.4) is 0 Å². The summed E-state index contributed by atoms with van der Waals surface area (Å²) in [7, 11) is 0. The molecule has 1 aliphatic heterocycles. The van der Waals surface area contributed by atoms with Crippen molar-refractivity contribution in [3.8, 4) is 11.3 Å². The zero-order valence-electron chi connectivity index (χ0n) is 16.0. The SMILES string of the molecule is CC(C)c1c(-c2ccc3[nH]cnc3c2)[nH]c2ccc(C3CCNCC3)cc12. The van der Waals surface area contributed by atoms with Crippen molar-refractivity contribution in [2.45, 2.75) is 38.5 Å². The first-order valence-corrected chi connectivity index (χ1v) is 10.0. The molecule has 3 heterocycles. The van der Waals surface area contributed by atoms with Crippen molar-refractivity contribution in [3.63, 3.8) is 0 Å². The minimum absolute atomic E-state index is 0.451. The molecule has 2 aromatic carbocycles. The van der Waals surface area contributed by atoms with Crippen molar-refractivity contribution >= 4 is 21.9 Å². The number of fused-ring (bicyclic) bond motifs is 2. The highest BCUT2D eigenvalue weighted by Gasteiger charge is 2.20. The monoisotopic (exact) mass is 358 g/mol. The summed E-state index contributed by atoms with van der Waals surface area (Å²) in [6.45, 7) is 6.83. The second-order valence-corrected chi connectivity index (χ2v) is 8.03. The van der Waals surface area contributed by atoms with Gasteiger partial charge in [0, 0.05) is 16.5 Å². The summed E-state index contributed by atoms with van der Waals surface area (Å²) in [6.07, 6.45) is 4.22. The van der Waals surface area contributed by atoms with E-state index in [1.165, 1.54) is 46.1 Å². The van der Waals surface area contributed by atoms with Gasteiger partial charge >= 0.3 is 0 Å². The van der Waals surface area contributed by atoms with Gasteiger partial charge in [-0.1, -0.05) is 26.0 Å². The first-order valence-electron chi connectivity index (χ1n) is 10.0. The van der Waals surface area contributed by atoms with E-state index in [-0.39, 0.29) is 0 Å². The van der Waals surface area contributed by atoms with Crippen molar-refractivity contribution in [2.24, 2.45) is 0 Å². The van der Waals surface area contributed by atoms with Gasteiger partial charge in [0.15, 0.2) is 0 Å². The molecule has 0 radical (unpaired) electrons. The largest absolute Gasteiger partial charge is 0.354 e. The minimum atomic E-state index is 0.451. The number of imidazole rings is 1. The van der Waals surface area contributed by atoms with Crippen LogP contribution in [0.4, 0.5) is 0 Å². The fourth-order valence-electron chi connectivity index (χ4n) is 4.55. The average molecular weight is 358 g/mol. The Morgan fingerprint density at radius 1 is 1.00 bits per heavy atom. The molecule has 5 rings (SSSR count). The fourth-order valence-corrected chi connectivity index (χ4v) is 4.55. The molecule has 0 spiro atoms. The lowest BCUT2D eigenvalue weighted by Crippen LogP contribution is -2.26. The Kier molecular flexibility index (Phi) is 4.01.